The summed E-state index contributed by atoms with van der Waals surface area (Å²) >= 11 is 0. The Hall–Kier alpha value is -1.85. The summed E-state index contributed by atoms with van der Waals surface area (Å²) in [6, 6.07) is 4.40. The number of likely N-dealkylation sites (N-methyl/N-ethyl adjacent to an activating group) is 1. The molecule has 0 unspecified atom stereocenters. The Balaban J connectivity index is 1.22. The lowest BCUT2D eigenvalue weighted by molar-refractivity contribution is -0.120. The number of amides is 1. The number of nitrogens with one attached hydrogen (secondary N) is 1. The van der Waals surface area contributed by atoms with Crippen molar-refractivity contribution in [2.24, 2.45) is 0 Å². The Labute approximate surface area is 161 Å². The molecule has 0 saturated carbocycles. The van der Waals surface area contributed by atoms with Crippen LogP contribution in [0.15, 0.2) is 22.8 Å². The van der Waals surface area contributed by atoms with Gasteiger partial charge in [-0.3, -0.25) is 4.79 Å². The fraction of sp³-hybridized carbons (Fsp3) is 0.591. The van der Waals surface area contributed by atoms with Crippen molar-refractivity contribution in [3.63, 3.8) is 0 Å². The minimum atomic E-state index is 0.0917. The highest BCUT2D eigenvalue weighted by atomic mass is 16.3. The molecule has 0 radical (unpaired) electrons. The molecule has 1 aliphatic heterocycles. The van der Waals surface area contributed by atoms with Crippen molar-refractivity contribution in [2.75, 3.05) is 45.8 Å². The van der Waals surface area contributed by atoms with E-state index in [0.717, 1.165) is 68.5 Å². The molecular formula is C22H31N3O2. The maximum Gasteiger partial charge on any atom is 0.224 e. The molecule has 1 fully saturated rings. The summed E-state index contributed by atoms with van der Waals surface area (Å²) in [6.45, 7) is 9.81. The number of carbonyl (C=O) groups is 1. The third-order valence-corrected chi connectivity index (χ3v) is 6.10. The zero-order chi connectivity index (χ0) is 18.6. The molecule has 1 amide bonds. The van der Waals surface area contributed by atoms with Crippen molar-refractivity contribution in [3.05, 3.63) is 35.1 Å². The van der Waals surface area contributed by atoms with Crippen LogP contribution in [0, 0.1) is 0 Å². The molecule has 4 rings (SSSR count). The summed E-state index contributed by atoms with van der Waals surface area (Å²) in [5.74, 6) is 0.0917. The lowest BCUT2D eigenvalue weighted by atomic mass is 10.0. The Morgan fingerprint density at radius 3 is 2.63 bits per heavy atom. The van der Waals surface area contributed by atoms with E-state index in [-0.39, 0.29) is 5.91 Å². The van der Waals surface area contributed by atoms with Gasteiger partial charge in [0.05, 0.1) is 12.7 Å². The first-order chi connectivity index (χ1) is 13.2. The van der Waals surface area contributed by atoms with Gasteiger partial charge in [0.2, 0.25) is 5.91 Å². The molecule has 0 bridgehead atoms. The summed E-state index contributed by atoms with van der Waals surface area (Å²) in [4.78, 5) is 17.3. The lowest BCUT2D eigenvalue weighted by Crippen LogP contribution is -2.46. The second-order valence-corrected chi connectivity index (χ2v) is 7.89. The molecule has 1 saturated heterocycles. The fourth-order valence-electron chi connectivity index (χ4n) is 4.38. The van der Waals surface area contributed by atoms with Gasteiger partial charge >= 0.3 is 0 Å². The van der Waals surface area contributed by atoms with Crippen LogP contribution in [0.3, 0.4) is 0 Å². The number of nitrogens with zero attached hydrogens (tertiary/aromatic N) is 2. The number of piperazine rings is 1. The number of carbonyl (C=O) groups excluding carboxylic acids is 1. The van der Waals surface area contributed by atoms with Crippen LogP contribution in [0.5, 0.6) is 0 Å². The van der Waals surface area contributed by atoms with Gasteiger partial charge in [-0.2, -0.15) is 0 Å². The highest BCUT2D eigenvalue weighted by molar-refractivity contribution is 5.88. The average molecular weight is 370 g/mol. The monoisotopic (exact) mass is 369 g/mol. The van der Waals surface area contributed by atoms with Gasteiger partial charge in [0.25, 0.3) is 0 Å². The van der Waals surface area contributed by atoms with Crippen LogP contribution in [0.4, 0.5) is 0 Å². The Morgan fingerprint density at radius 2 is 1.85 bits per heavy atom. The minimum Gasteiger partial charge on any atom is -0.464 e. The summed E-state index contributed by atoms with van der Waals surface area (Å²) in [7, 11) is 0. The van der Waals surface area contributed by atoms with Crippen LogP contribution >= 0.6 is 0 Å². The molecule has 2 heterocycles. The van der Waals surface area contributed by atoms with Crippen molar-refractivity contribution >= 4 is 16.9 Å². The van der Waals surface area contributed by atoms with Crippen LogP contribution in [0.1, 0.15) is 36.5 Å². The quantitative estimate of drug-likeness (QED) is 0.762. The first-order valence-corrected chi connectivity index (χ1v) is 10.5. The highest BCUT2D eigenvalue weighted by Gasteiger charge is 2.17. The molecule has 0 spiro atoms. The lowest BCUT2D eigenvalue weighted by Gasteiger charge is -2.33. The predicted octanol–water partition coefficient (Wildman–Crippen LogP) is 2.61. The Bertz CT molecular complexity index is 790. The topological polar surface area (TPSA) is 48.7 Å². The smallest absolute Gasteiger partial charge is 0.224 e. The first-order valence-electron chi connectivity index (χ1n) is 10.5. The molecule has 1 aromatic heterocycles. The average Bonchev–Trinajstić information content (AvgIpc) is 3.30. The van der Waals surface area contributed by atoms with Crippen molar-refractivity contribution in [1.82, 2.24) is 15.1 Å². The summed E-state index contributed by atoms with van der Waals surface area (Å²) < 4.78 is 5.71. The number of benzene rings is 1. The number of rotatable bonds is 7. The Morgan fingerprint density at radius 1 is 1.11 bits per heavy atom. The van der Waals surface area contributed by atoms with Gasteiger partial charge in [-0.25, -0.2) is 0 Å². The maximum absolute atomic E-state index is 12.3. The number of furan rings is 1. The van der Waals surface area contributed by atoms with E-state index in [0.29, 0.717) is 6.42 Å². The van der Waals surface area contributed by atoms with E-state index in [1.165, 1.54) is 30.6 Å². The molecule has 5 heteroatoms. The van der Waals surface area contributed by atoms with Crippen molar-refractivity contribution in [1.29, 1.82) is 0 Å². The molecular weight excluding hydrogens is 338 g/mol. The normalized spacial score (nSPS) is 18.1. The van der Waals surface area contributed by atoms with Crippen LogP contribution in [-0.4, -0.2) is 61.5 Å². The second kappa shape index (κ2) is 8.44. The van der Waals surface area contributed by atoms with Crippen LogP contribution in [0.2, 0.25) is 0 Å². The van der Waals surface area contributed by atoms with Crippen molar-refractivity contribution in [2.45, 2.75) is 39.0 Å². The SMILES string of the molecule is CCN1CCN(CCCNC(=O)Cc2coc3cc4c(cc23)CCC4)CC1. The van der Waals surface area contributed by atoms with Gasteiger partial charge < -0.3 is 19.5 Å². The van der Waals surface area contributed by atoms with Gasteiger partial charge in [-0.05, 0) is 62.0 Å². The van der Waals surface area contributed by atoms with Gasteiger partial charge in [0.15, 0.2) is 0 Å². The van der Waals surface area contributed by atoms with Crippen molar-refractivity contribution in [3.8, 4) is 0 Å². The van der Waals surface area contributed by atoms with E-state index in [2.05, 4.69) is 34.2 Å². The zero-order valence-corrected chi connectivity index (χ0v) is 16.4. The van der Waals surface area contributed by atoms with Gasteiger partial charge in [-0.1, -0.05) is 6.92 Å². The van der Waals surface area contributed by atoms with E-state index in [1.807, 2.05) is 0 Å². The number of hydrogen-bond donors (Lipinski definition) is 1. The van der Waals surface area contributed by atoms with E-state index in [1.54, 1.807) is 6.26 Å². The van der Waals surface area contributed by atoms with Gasteiger partial charge in [-0.15, -0.1) is 0 Å². The summed E-state index contributed by atoms with van der Waals surface area (Å²) in [6.07, 6.45) is 6.69. The second-order valence-electron chi connectivity index (χ2n) is 7.89. The third-order valence-electron chi connectivity index (χ3n) is 6.10. The van der Waals surface area contributed by atoms with Crippen LogP contribution in [-0.2, 0) is 24.1 Å². The largest absolute Gasteiger partial charge is 0.464 e. The molecule has 1 aromatic carbocycles. The standard InChI is InChI=1S/C22H31N3O2/c1-2-24-9-11-25(12-10-24)8-4-7-23-22(26)15-19-16-27-21-14-18-6-3-5-17(18)13-20(19)21/h13-14,16H,2-12,15H2,1H3,(H,23,26). The summed E-state index contributed by atoms with van der Waals surface area (Å²) in [5, 5.41) is 4.19. The van der Waals surface area contributed by atoms with Gasteiger partial charge in [0, 0.05) is 43.7 Å². The van der Waals surface area contributed by atoms with Crippen molar-refractivity contribution < 1.29 is 9.21 Å². The van der Waals surface area contributed by atoms with Gasteiger partial charge in [0.1, 0.15) is 5.58 Å². The molecule has 5 nitrogen and oxygen atoms in total. The zero-order valence-electron chi connectivity index (χ0n) is 16.4. The molecule has 2 aromatic rings. The van der Waals surface area contributed by atoms with Crippen LogP contribution in [0.25, 0.3) is 11.0 Å². The molecule has 146 valence electrons. The molecule has 2 aliphatic rings. The molecule has 1 N–H and O–H groups in total. The molecule has 1 aliphatic carbocycles. The minimum absolute atomic E-state index is 0.0917. The van der Waals surface area contributed by atoms with Crippen LogP contribution < -0.4 is 5.32 Å². The number of hydrogen-bond acceptors (Lipinski definition) is 4. The number of fused-ring (bicyclic) bond motifs is 2. The highest BCUT2D eigenvalue weighted by Crippen LogP contribution is 2.30. The van der Waals surface area contributed by atoms with E-state index < -0.39 is 0 Å². The fourth-order valence-corrected chi connectivity index (χ4v) is 4.38. The predicted molar refractivity (Wildman–Crippen MR) is 108 cm³/mol. The maximum atomic E-state index is 12.3. The first kappa shape index (κ1) is 18.5. The van der Waals surface area contributed by atoms with E-state index in [4.69, 9.17) is 4.42 Å². The van der Waals surface area contributed by atoms with E-state index >= 15 is 0 Å². The molecule has 27 heavy (non-hydrogen) atoms. The number of aryl methyl sites for hydroxylation is 2. The Kier molecular flexibility index (Phi) is 5.79. The molecule has 0 atom stereocenters. The third kappa shape index (κ3) is 4.36. The van der Waals surface area contributed by atoms with E-state index in [9.17, 15) is 4.79 Å². The summed E-state index contributed by atoms with van der Waals surface area (Å²) in [5.41, 5.74) is 4.76.